The van der Waals surface area contributed by atoms with E-state index in [0.717, 1.165) is 10.4 Å². The van der Waals surface area contributed by atoms with Crippen LogP contribution in [-0.4, -0.2) is 32.9 Å². The van der Waals surface area contributed by atoms with Gasteiger partial charge in [0.15, 0.2) is 0 Å². The van der Waals surface area contributed by atoms with Crippen LogP contribution in [0, 0.1) is 5.41 Å². The number of carbonyl (C=O) groups is 1. The highest BCUT2D eigenvalue weighted by Crippen LogP contribution is 2.51. The maximum atomic E-state index is 14.0. The zero-order valence-corrected chi connectivity index (χ0v) is 19.9. The van der Waals surface area contributed by atoms with Crippen molar-refractivity contribution in [1.29, 1.82) is 0 Å². The van der Waals surface area contributed by atoms with Gasteiger partial charge in [-0.2, -0.15) is 0 Å². The Bertz CT molecular complexity index is 833. The van der Waals surface area contributed by atoms with Gasteiger partial charge in [-0.3, -0.25) is 4.79 Å². The first-order valence-electron chi connectivity index (χ1n) is 10.8. The Labute approximate surface area is 184 Å². The Morgan fingerprint density at radius 1 is 0.968 bits per heavy atom. The Kier molecular flexibility index (Phi) is 6.72. The van der Waals surface area contributed by atoms with Gasteiger partial charge in [-0.25, -0.2) is 8.78 Å². The normalized spacial score (nSPS) is 21.8. The Hall–Kier alpha value is -2.05. The van der Waals surface area contributed by atoms with E-state index in [0.29, 0.717) is 0 Å². The van der Waals surface area contributed by atoms with E-state index in [2.05, 4.69) is 45.0 Å². The van der Waals surface area contributed by atoms with Gasteiger partial charge in [0.05, 0.1) is 6.10 Å². The van der Waals surface area contributed by atoms with Crippen molar-refractivity contribution in [1.82, 2.24) is 0 Å². The zero-order chi connectivity index (χ0) is 22.9. The number of hydrogen-bond donors (Lipinski definition) is 0. The molecule has 1 aliphatic carbocycles. The van der Waals surface area contributed by atoms with Crippen LogP contribution in [0.15, 0.2) is 60.7 Å². The molecular formula is C25H32F2O3Si. The molecule has 0 spiro atoms. The Morgan fingerprint density at radius 2 is 1.42 bits per heavy atom. The number of alkyl halides is 2. The number of carbonyl (C=O) groups excluding carboxylic acids is 1. The highest BCUT2D eigenvalue weighted by molar-refractivity contribution is 6.99. The Balaban J connectivity index is 1.99. The molecule has 0 bridgehead atoms. The highest BCUT2D eigenvalue weighted by atomic mass is 28.4. The SMILES string of the molecule is CC(C)OC(=O)C1(C(F)F)CC(O[Si](c2ccccc2)(c2ccccc2)C(C)(C)C)C1. The lowest BCUT2D eigenvalue weighted by Gasteiger charge is -2.51. The van der Waals surface area contributed by atoms with Crippen molar-refractivity contribution >= 4 is 24.7 Å². The van der Waals surface area contributed by atoms with Gasteiger partial charge in [0.1, 0.15) is 5.41 Å². The second kappa shape index (κ2) is 8.83. The van der Waals surface area contributed by atoms with E-state index in [9.17, 15) is 13.6 Å². The van der Waals surface area contributed by atoms with E-state index in [1.54, 1.807) is 13.8 Å². The second-order valence-electron chi connectivity index (χ2n) is 9.72. The molecule has 0 aliphatic heterocycles. The molecule has 1 fully saturated rings. The van der Waals surface area contributed by atoms with Crippen LogP contribution in [0.2, 0.25) is 5.04 Å². The summed E-state index contributed by atoms with van der Waals surface area (Å²) in [5, 5.41) is 1.93. The molecule has 1 aliphatic rings. The molecule has 3 rings (SSSR count). The molecule has 168 valence electrons. The van der Waals surface area contributed by atoms with Crippen molar-refractivity contribution in [2.75, 3.05) is 0 Å². The minimum atomic E-state index is -2.84. The lowest BCUT2D eigenvalue weighted by Crippen LogP contribution is -2.69. The standard InChI is InChI=1S/C25H32F2O3Si/c1-18(2)29-23(28)25(22(26)27)16-19(17-25)30-31(24(3,4)5,20-12-8-6-9-13-20)21-14-10-7-11-15-21/h6-15,18-19,22H,16-17H2,1-5H3. The average molecular weight is 447 g/mol. The van der Waals surface area contributed by atoms with E-state index in [1.807, 2.05) is 36.4 Å². The summed E-state index contributed by atoms with van der Waals surface area (Å²) in [6.45, 7) is 9.78. The maximum Gasteiger partial charge on any atom is 0.318 e. The van der Waals surface area contributed by atoms with Crippen LogP contribution in [0.3, 0.4) is 0 Å². The summed E-state index contributed by atoms with van der Waals surface area (Å²) >= 11 is 0. The summed E-state index contributed by atoms with van der Waals surface area (Å²) in [4.78, 5) is 12.5. The van der Waals surface area contributed by atoms with Crippen molar-refractivity contribution in [3.05, 3.63) is 60.7 Å². The van der Waals surface area contributed by atoms with Gasteiger partial charge in [0.25, 0.3) is 14.7 Å². The van der Waals surface area contributed by atoms with Gasteiger partial charge in [0.2, 0.25) is 0 Å². The summed E-state index contributed by atoms with van der Waals surface area (Å²) < 4.78 is 40.0. The molecular weight excluding hydrogens is 414 g/mol. The number of rotatable bonds is 7. The van der Waals surface area contributed by atoms with Gasteiger partial charge in [-0.1, -0.05) is 81.4 Å². The molecule has 2 aromatic carbocycles. The molecule has 2 aromatic rings. The third-order valence-electron chi connectivity index (χ3n) is 6.11. The van der Waals surface area contributed by atoms with E-state index >= 15 is 0 Å². The van der Waals surface area contributed by atoms with E-state index < -0.39 is 38.3 Å². The summed E-state index contributed by atoms with van der Waals surface area (Å²) in [6.07, 6.45) is -3.70. The van der Waals surface area contributed by atoms with Crippen LogP contribution in [-0.2, 0) is 14.0 Å². The summed E-state index contributed by atoms with van der Waals surface area (Å²) in [7, 11) is -2.84. The minimum Gasteiger partial charge on any atom is -0.462 e. The fraction of sp³-hybridized carbons (Fsp3) is 0.480. The number of benzene rings is 2. The first-order valence-corrected chi connectivity index (χ1v) is 12.7. The first-order chi connectivity index (χ1) is 14.5. The van der Waals surface area contributed by atoms with Crippen LogP contribution in [0.25, 0.3) is 0 Å². The van der Waals surface area contributed by atoms with Gasteiger partial charge in [-0.15, -0.1) is 0 Å². The molecule has 6 heteroatoms. The number of hydrogen-bond acceptors (Lipinski definition) is 3. The molecule has 0 amide bonds. The molecule has 3 nitrogen and oxygen atoms in total. The third kappa shape index (κ3) is 4.33. The fourth-order valence-corrected chi connectivity index (χ4v) is 9.22. The molecule has 31 heavy (non-hydrogen) atoms. The predicted octanol–water partition coefficient (Wildman–Crippen LogP) is 4.93. The molecule has 1 saturated carbocycles. The quantitative estimate of drug-likeness (QED) is 0.447. The van der Waals surface area contributed by atoms with Crippen LogP contribution >= 0.6 is 0 Å². The van der Waals surface area contributed by atoms with Crippen LogP contribution < -0.4 is 10.4 Å². The monoisotopic (exact) mass is 446 g/mol. The van der Waals surface area contributed by atoms with Crippen LogP contribution in [0.5, 0.6) is 0 Å². The molecule has 0 radical (unpaired) electrons. The molecule has 0 unspecified atom stereocenters. The lowest BCUT2D eigenvalue weighted by molar-refractivity contribution is -0.192. The zero-order valence-electron chi connectivity index (χ0n) is 18.9. The Morgan fingerprint density at radius 3 is 1.77 bits per heavy atom. The third-order valence-corrected chi connectivity index (χ3v) is 11.2. The maximum absolute atomic E-state index is 14.0. The van der Waals surface area contributed by atoms with E-state index in [1.165, 1.54) is 0 Å². The van der Waals surface area contributed by atoms with Gasteiger partial charge < -0.3 is 9.16 Å². The molecule has 0 N–H and O–H groups in total. The minimum absolute atomic E-state index is 0.0271. The smallest absolute Gasteiger partial charge is 0.318 e. The number of ether oxygens (including phenoxy) is 1. The van der Waals surface area contributed by atoms with Crippen molar-refractivity contribution < 1.29 is 22.7 Å². The first kappa shape index (κ1) is 23.6. The van der Waals surface area contributed by atoms with Crippen molar-refractivity contribution in [3.63, 3.8) is 0 Å². The van der Waals surface area contributed by atoms with E-state index in [-0.39, 0.29) is 17.9 Å². The van der Waals surface area contributed by atoms with Gasteiger partial charge >= 0.3 is 5.97 Å². The average Bonchev–Trinajstić information content (AvgIpc) is 2.67. The largest absolute Gasteiger partial charge is 0.462 e. The topological polar surface area (TPSA) is 35.5 Å². The van der Waals surface area contributed by atoms with Crippen molar-refractivity contribution in [3.8, 4) is 0 Å². The predicted molar refractivity (Wildman–Crippen MR) is 121 cm³/mol. The number of halogens is 2. The highest BCUT2D eigenvalue weighted by Gasteiger charge is 2.62. The fourth-order valence-electron chi connectivity index (χ4n) is 4.54. The van der Waals surface area contributed by atoms with E-state index in [4.69, 9.17) is 9.16 Å². The van der Waals surface area contributed by atoms with Crippen LogP contribution in [0.4, 0.5) is 8.78 Å². The summed E-state index contributed by atoms with van der Waals surface area (Å²) in [5.74, 6) is -0.820. The second-order valence-corrected chi connectivity index (χ2v) is 14.0. The van der Waals surface area contributed by atoms with Crippen molar-refractivity contribution in [2.24, 2.45) is 5.41 Å². The molecule has 0 aromatic heterocycles. The molecule has 0 heterocycles. The van der Waals surface area contributed by atoms with Crippen LogP contribution in [0.1, 0.15) is 47.5 Å². The lowest BCUT2D eigenvalue weighted by atomic mass is 9.67. The number of esters is 1. The van der Waals surface area contributed by atoms with Gasteiger partial charge in [0, 0.05) is 6.10 Å². The summed E-state index contributed by atoms with van der Waals surface area (Å²) in [6, 6.07) is 20.1. The molecule has 0 saturated heterocycles. The summed E-state index contributed by atoms with van der Waals surface area (Å²) in [5.41, 5.74) is -1.78. The molecule has 0 atom stereocenters. The van der Waals surface area contributed by atoms with Gasteiger partial charge in [-0.05, 0) is 42.1 Å². The van der Waals surface area contributed by atoms with Crippen molar-refractivity contribution in [2.45, 2.75) is 71.1 Å².